The summed E-state index contributed by atoms with van der Waals surface area (Å²) in [6, 6.07) is 3.85. The Bertz CT molecular complexity index is 684. The lowest BCUT2D eigenvalue weighted by Gasteiger charge is -2.20. The van der Waals surface area contributed by atoms with Crippen molar-refractivity contribution in [1.29, 1.82) is 0 Å². The fraction of sp³-hybridized carbons (Fsp3) is 0.526. The van der Waals surface area contributed by atoms with E-state index in [1.807, 2.05) is 0 Å². The SMILES string of the molecule is COC(=O)C(CCCCNC(=O)OC(C)(C)C)NC(=O)c1c(Cl)cccc1Cl. The highest BCUT2D eigenvalue weighted by atomic mass is 35.5. The third-order valence-electron chi connectivity index (χ3n) is 3.57. The zero-order valence-corrected chi connectivity index (χ0v) is 17.9. The molecule has 1 unspecified atom stereocenters. The van der Waals surface area contributed by atoms with Crippen molar-refractivity contribution in [3.8, 4) is 0 Å². The summed E-state index contributed by atoms with van der Waals surface area (Å²) >= 11 is 12.1. The third kappa shape index (κ3) is 8.35. The van der Waals surface area contributed by atoms with Gasteiger partial charge in [0.05, 0.1) is 22.7 Å². The molecule has 156 valence electrons. The van der Waals surface area contributed by atoms with Crippen LogP contribution >= 0.6 is 23.2 Å². The number of methoxy groups -OCH3 is 1. The number of hydrogen-bond acceptors (Lipinski definition) is 5. The molecule has 1 aromatic rings. The first-order valence-corrected chi connectivity index (χ1v) is 9.60. The van der Waals surface area contributed by atoms with Crippen molar-refractivity contribution in [2.75, 3.05) is 13.7 Å². The number of carbonyl (C=O) groups excluding carboxylic acids is 3. The average Bonchev–Trinajstić information content (AvgIpc) is 2.58. The molecule has 0 heterocycles. The predicted molar refractivity (Wildman–Crippen MR) is 108 cm³/mol. The van der Waals surface area contributed by atoms with Crippen LogP contribution in [0.1, 0.15) is 50.4 Å². The van der Waals surface area contributed by atoms with Gasteiger partial charge in [0, 0.05) is 6.54 Å². The molecule has 7 nitrogen and oxygen atoms in total. The molecule has 0 radical (unpaired) electrons. The molecule has 0 aromatic heterocycles. The summed E-state index contributed by atoms with van der Waals surface area (Å²) in [4.78, 5) is 36.0. The van der Waals surface area contributed by atoms with E-state index in [1.165, 1.54) is 19.2 Å². The average molecular weight is 433 g/mol. The Hall–Kier alpha value is -1.99. The van der Waals surface area contributed by atoms with Crippen LogP contribution in [0.3, 0.4) is 0 Å². The summed E-state index contributed by atoms with van der Waals surface area (Å²) < 4.78 is 9.89. The van der Waals surface area contributed by atoms with E-state index in [4.69, 9.17) is 32.7 Å². The molecule has 0 bridgehead atoms. The molecule has 2 amide bonds. The summed E-state index contributed by atoms with van der Waals surface area (Å²) in [7, 11) is 1.24. The maximum Gasteiger partial charge on any atom is 0.407 e. The Labute approximate surface area is 175 Å². The Kier molecular flexibility index (Phi) is 9.55. The standard InChI is InChI=1S/C19H26Cl2N2O5/c1-19(2,3)28-18(26)22-11-6-5-10-14(17(25)27-4)23-16(24)15-12(20)8-7-9-13(15)21/h7-9,14H,5-6,10-11H2,1-4H3,(H,22,26)(H,23,24). The highest BCUT2D eigenvalue weighted by Gasteiger charge is 2.24. The van der Waals surface area contributed by atoms with Crippen molar-refractivity contribution in [2.45, 2.75) is 51.7 Å². The Morgan fingerprint density at radius 1 is 1.11 bits per heavy atom. The second kappa shape index (κ2) is 11.1. The van der Waals surface area contributed by atoms with E-state index in [2.05, 4.69) is 10.6 Å². The molecule has 0 aliphatic carbocycles. The summed E-state index contributed by atoms with van der Waals surface area (Å²) in [5.41, 5.74) is -0.462. The van der Waals surface area contributed by atoms with Crippen molar-refractivity contribution < 1.29 is 23.9 Å². The van der Waals surface area contributed by atoms with Gasteiger partial charge in [0.15, 0.2) is 0 Å². The lowest BCUT2D eigenvalue weighted by atomic mass is 10.1. The quantitative estimate of drug-likeness (QED) is 0.478. The van der Waals surface area contributed by atoms with Gasteiger partial charge in [-0.1, -0.05) is 29.3 Å². The number of nitrogens with one attached hydrogen (secondary N) is 2. The fourth-order valence-electron chi connectivity index (χ4n) is 2.31. The Morgan fingerprint density at radius 2 is 1.71 bits per heavy atom. The molecule has 0 spiro atoms. The zero-order valence-electron chi connectivity index (χ0n) is 16.4. The number of benzene rings is 1. The molecule has 0 saturated carbocycles. The van der Waals surface area contributed by atoms with Gasteiger partial charge in [-0.2, -0.15) is 0 Å². The van der Waals surface area contributed by atoms with Gasteiger partial charge in [0.1, 0.15) is 11.6 Å². The van der Waals surface area contributed by atoms with E-state index in [9.17, 15) is 14.4 Å². The number of rotatable bonds is 8. The van der Waals surface area contributed by atoms with Crippen LogP contribution in [0, 0.1) is 0 Å². The number of ether oxygens (including phenoxy) is 2. The van der Waals surface area contributed by atoms with Crippen LogP contribution in [0.25, 0.3) is 0 Å². The zero-order chi connectivity index (χ0) is 21.3. The summed E-state index contributed by atoms with van der Waals surface area (Å²) in [5, 5.41) is 5.62. The number of halogens is 2. The number of carbonyl (C=O) groups is 3. The van der Waals surface area contributed by atoms with Gasteiger partial charge < -0.3 is 20.1 Å². The van der Waals surface area contributed by atoms with E-state index in [0.29, 0.717) is 25.8 Å². The minimum atomic E-state index is -0.855. The minimum absolute atomic E-state index is 0.103. The van der Waals surface area contributed by atoms with Gasteiger partial charge in [-0.15, -0.1) is 0 Å². The summed E-state index contributed by atoms with van der Waals surface area (Å²) in [6.07, 6.45) is 0.983. The molecule has 0 saturated heterocycles. The second-order valence-electron chi connectivity index (χ2n) is 7.07. The molecular weight excluding hydrogens is 407 g/mol. The number of unbranched alkanes of at least 4 members (excludes halogenated alkanes) is 1. The second-order valence-corrected chi connectivity index (χ2v) is 7.88. The number of esters is 1. The van der Waals surface area contributed by atoms with Gasteiger partial charge in [-0.3, -0.25) is 4.79 Å². The van der Waals surface area contributed by atoms with Crippen molar-refractivity contribution in [1.82, 2.24) is 10.6 Å². The highest BCUT2D eigenvalue weighted by Crippen LogP contribution is 2.24. The highest BCUT2D eigenvalue weighted by molar-refractivity contribution is 6.39. The van der Waals surface area contributed by atoms with Crippen LogP contribution in [0.5, 0.6) is 0 Å². The topological polar surface area (TPSA) is 93.7 Å². The monoisotopic (exact) mass is 432 g/mol. The molecule has 9 heteroatoms. The van der Waals surface area contributed by atoms with Crippen LogP contribution in [-0.4, -0.2) is 43.3 Å². The third-order valence-corrected chi connectivity index (χ3v) is 4.20. The first-order valence-electron chi connectivity index (χ1n) is 8.84. The normalized spacial score (nSPS) is 12.1. The largest absolute Gasteiger partial charge is 0.467 e. The van der Waals surface area contributed by atoms with Crippen LogP contribution in [0.4, 0.5) is 4.79 Å². The Morgan fingerprint density at radius 3 is 2.25 bits per heavy atom. The molecule has 2 N–H and O–H groups in total. The first-order chi connectivity index (χ1) is 13.0. The molecule has 0 fully saturated rings. The van der Waals surface area contributed by atoms with E-state index in [-0.39, 0.29) is 15.6 Å². The van der Waals surface area contributed by atoms with E-state index in [0.717, 1.165) is 0 Å². The van der Waals surface area contributed by atoms with E-state index in [1.54, 1.807) is 26.8 Å². The molecule has 0 aliphatic rings. The maximum absolute atomic E-state index is 12.5. The van der Waals surface area contributed by atoms with Crippen LogP contribution < -0.4 is 10.6 Å². The van der Waals surface area contributed by atoms with Crippen LogP contribution in [-0.2, 0) is 14.3 Å². The number of alkyl carbamates (subject to hydrolysis) is 1. The van der Waals surface area contributed by atoms with Crippen molar-refractivity contribution in [3.05, 3.63) is 33.8 Å². The van der Waals surface area contributed by atoms with Crippen LogP contribution in [0.2, 0.25) is 10.0 Å². The minimum Gasteiger partial charge on any atom is -0.467 e. The lowest BCUT2D eigenvalue weighted by molar-refractivity contribution is -0.143. The van der Waals surface area contributed by atoms with E-state index >= 15 is 0 Å². The maximum atomic E-state index is 12.5. The summed E-state index contributed by atoms with van der Waals surface area (Å²) in [5.74, 6) is -1.13. The number of hydrogen-bond donors (Lipinski definition) is 2. The molecule has 1 atom stereocenters. The van der Waals surface area contributed by atoms with Crippen molar-refractivity contribution in [2.24, 2.45) is 0 Å². The first kappa shape index (κ1) is 24.0. The van der Waals surface area contributed by atoms with Gasteiger partial charge in [-0.25, -0.2) is 9.59 Å². The van der Waals surface area contributed by atoms with Crippen molar-refractivity contribution in [3.63, 3.8) is 0 Å². The van der Waals surface area contributed by atoms with Crippen molar-refractivity contribution >= 4 is 41.2 Å². The molecule has 1 rings (SSSR count). The predicted octanol–water partition coefficient (Wildman–Crippen LogP) is 3.96. The Balaban J connectivity index is 2.55. The summed E-state index contributed by atoms with van der Waals surface area (Å²) in [6.45, 7) is 5.72. The molecular formula is C19H26Cl2N2O5. The lowest BCUT2D eigenvalue weighted by Crippen LogP contribution is -2.41. The van der Waals surface area contributed by atoms with Gasteiger partial charge in [-0.05, 0) is 52.2 Å². The smallest absolute Gasteiger partial charge is 0.407 e. The van der Waals surface area contributed by atoms with E-state index < -0.39 is 29.6 Å². The molecule has 0 aliphatic heterocycles. The fourth-order valence-corrected chi connectivity index (χ4v) is 2.88. The van der Waals surface area contributed by atoms with Gasteiger partial charge in [0.2, 0.25) is 0 Å². The molecule has 28 heavy (non-hydrogen) atoms. The van der Waals surface area contributed by atoms with Crippen LogP contribution in [0.15, 0.2) is 18.2 Å². The molecule has 1 aromatic carbocycles. The van der Waals surface area contributed by atoms with Gasteiger partial charge >= 0.3 is 12.1 Å². The number of amides is 2. The van der Waals surface area contributed by atoms with Gasteiger partial charge in [0.25, 0.3) is 5.91 Å².